The van der Waals surface area contributed by atoms with Crippen LogP contribution in [0, 0.1) is 3.57 Å². The first-order chi connectivity index (χ1) is 23.3. The van der Waals surface area contributed by atoms with Gasteiger partial charge in [-0.2, -0.15) is 0 Å². The van der Waals surface area contributed by atoms with Gasteiger partial charge in [0.05, 0.1) is 39.1 Å². The molecule has 0 bridgehead atoms. The second kappa shape index (κ2) is 15.1. The van der Waals surface area contributed by atoms with Gasteiger partial charge in [0.15, 0.2) is 16.3 Å². The van der Waals surface area contributed by atoms with Crippen LogP contribution in [0.4, 0.5) is 0 Å². The van der Waals surface area contributed by atoms with E-state index in [0.29, 0.717) is 43.7 Å². The molecular weight excluding hydrogens is 779 g/mol. The van der Waals surface area contributed by atoms with Gasteiger partial charge in [0.25, 0.3) is 5.56 Å². The van der Waals surface area contributed by atoms with E-state index in [9.17, 15) is 9.59 Å². The molecule has 0 N–H and O–H groups in total. The molecule has 2 heterocycles. The van der Waals surface area contributed by atoms with E-state index >= 15 is 0 Å². The van der Waals surface area contributed by atoms with Crippen molar-refractivity contribution in [1.29, 1.82) is 0 Å². The Morgan fingerprint density at radius 3 is 2.52 bits per heavy atom. The van der Waals surface area contributed by atoms with Crippen molar-refractivity contribution in [2.45, 2.75) is 24.5 Å². The average Bonchev–Trinajstić information content (AvgIpc) is 3.41. The monoisotopic (exact) mass is 808 g/mol. The number of thiazole rings is 1. The molecule has 1 aliphatic heterocycles. The highest BCUT2D eigenvalue weighted by molar-refractivity contribution is 14.1. The maximum atomic E-state index is 14.3. The Labute approximate surface area is 304 Å². The van der Waals surface area contributed by atoms with Crippen molar-refractivity contribution < 1.29 is 19.0 Å². The molecule has 1 aliphatic rings. The number of ether oxygens (including phenoxy) is 3. The Kier molecular flexibility index (Phi) is 10.7. The highest BCUT2D eigenvalue weighted by atomic mass is 127. The smallest absolute Gasteiger partial charge is 0.338 e. The normalized spacial score (nSPS) is 14.4. The first-order valence-electron chi connectivity index (χ1n) is 15.0. The molecule has 0 aliphatic carbocycles. The first kappa shape index (κ1) is 34.0. The van der Waals surface area contributed by atoms with Crippen LogP contribution in [0.15, 0.2) is 111 Å². The fourth-order valence-corrected chi connectivity index (χ4v) is 7.84. The van der Waals surface area contributed by atoms with Gasteiger partial charge in [-0.3, -0.25) is 9.36 Å². The van der Waals surface area contributed by atoms with E-state index in [1.54, 1.807) is 30.4 Å². The topological polar surface area (TPSA) is 79.1 Å². The highest BCUT2D eigenvalue weighted by Gasteiger charge is 2.35. The van der Waals surface area contributed by atoms with E-state index in [2.05, 4.69) is 22.6 Å². The number of thioether (sulfide) groups is 1. The molecule has 48 heavy (non-hydrogen) atoms. The summed E-state index contributed by atoms with van der Waals surface area (Å²) in [5, 5.41) is 0.638. The van der Waals surface area contributed by atoms with Crippen LogP contribution in [0.2, 0.25) is 5.02 Å². The van der Waals surface area contributed by atoms with Crippen molar-refractivity contribution in [1.82, 2.24) is 4.57 Å². The minimum absolute atomic E-state index is 0.187. The van der Waals surface area contributed by atoms with Crippen LogP contribution in [0.3, 0.4) is 0 Å². The lowest BCUT2D eigenvalue weighted by atomic mass is 9.93. The van der Waals surface area contributed by atoms with Crippen LogP contribution in [-0.4, -0.2) is 30.5 Å². The second-order valence-corrected chi connectivity index (χ2v) is 14.1. The number of rotatable bonds is 10. The molecule has 0 radical (unpaired) electrons. The summed E-state index contributed by atoms with van der Waals surface area (Å²) < 4.78 is 20.3. The number of hydrogen-bond donors (Lipinski definition) is 0. The van der Waals surface area contributed by atoms with E-state index in [-0.39, 0.29) is 12.2 Å². The number of carbonyl (C=O) groups is 1. The van der Waals surface area contributed by atoms with Crippen LogP contribution in [0.25, 0.3) is 11.8 Å². The lowest BCUT2D eigenvalue weighted by molar-refractivity contribution is -0.138. The fraction of sp³-hybridized carbons (Fsp3) is 0.162. The van der Waals surface area contributed by atoms with Gasteiger partial charge in [-0.05, 0) is 94.9 Å². The van der Waals surface area contributed by atoms with Crippen LogP contribution in [0.1, 0.15) is 35.2 Å². The fourth-order valence-electron chi connectivity index (χ4n) is 5.44. The summed E-state index contributed by atoms with van der Waals surface area (Å²) in [5.41, 5.74) is 3.77. The second-order valence-electron chi connectivity index (χ2n) is 10.7. The summed E-state index contributed by atoms with van der Waals surface area (Å²) in [6, 6.07) is 27.9. The van der Waals surface area contributed by atoms with Gasteiger partial charge in [0, 0.05) is 15.5 Å². The quantitative estimate of drug-likeness (QED) is 0.0827. The van der Waals surface area contributed by atoms with E-state index in [0.717, 1.165) is 30.7 Å². The largest absolute Gasteiger partial charge is 0.493 e. The SMILES string of the molecule is CCOC(=O)C1=C(c2ccccc2)N=c2s/c(=C\c3cc(I)c(OCc4cccc(Cl)c4)c(OC)c3)c(=O)n2[C@H]1c1ccc(SC)cc1. The van der Waals surface area contributed by atoms with Crippen LogP contribution in [-0.2, 0) is 16.1 Å². The number of carbonyl (C=O) groups excluding carboxylic acids is 1. The lowest BCUT2D eigenvalue weighted by Gasteiger charge is -2.26. The maximum absolute atomic E-state index is 14.3. The third kappa shape index (κ3) is 7.12. The Balaban J connectivity index is 1.49. The van der Waals surface area contributed by atoms with Gasteiger partial charge < -0.3 is 14.2 Å². The third-order valence-corrected chi connectivity index (χ3v) is 10.4. The summed E-state index contributed by atoms with van der Waals surface area (Å²) in [7, 11) is 1.58. The van der Waals surface area contributed by atoms with Gasteiger partial charge in [0.2, 0.25) is 0 Å². The number of benzene rings is 4. The van der Waals surface area contributed by atoms with Crippen LogP contribution >= 0.6 is 57.3 Å². The van der Waals surface area contributed by atoms with E-state index in [1.165, 1.54) is 11.3 Å². The number of nitrogens with zero attached hydrogens (tertiary/aromatic N) is 2. The number of halogens is 2. The molecule has 1 aromatic heterocycles. The van der Waals surface area contributed by atoms with Gasteiger partial charge in [-0.15, -0.1) is 11.8 Å². The van der Waals surface area contributed by atoms with E-state index < -0.39 is 12.0 Å². The van der Waals surface area contributed by atoms with Gasteiger partial charge in [-0.1, -0.05) is 77.5 Å². The van der Waals surface area contributed by atoms with Gasteiger partial charge in [-0.25, -0.2) is 9.79 Å². The predicted octanol–water partition coefficient (Wildman–Crippen LogP) is 7.50. The van der Waals surface area contributed by atoms with Crippen molar-refractivity contribution in [3.8, 4) is 11.5 Å². The summed E-state index contributed by atoms with van der Waals surface area (Å²) in [5.74, 6) is 0.614. The number of esters is 1. The maximum Gasteiger partial charge on any atom is 0.338 e. The molecule has 0 unspecified atom stereocenters. The number of hydrogen-bond acceptors (Lipinski definition) is 8. The van der Waals surface area contributed by atoms with E-state index in [1.807, 2.05) is 103 Å². The molecule has 0 spiro atoms. The minimum Gasteiger partial charge on any atom is -0.493 e. The average molecular weight is 809 g/mol. The van der Waals surface area contributed by atoms with E-state index in [4.69, 9.17) is 30.8 Å². The first-order valence-corrected chi connectivity index (χ1v) is 18.5. The van der Waals surface area contributed by atoms with Crippen molar-refractivity contribution in [2.75, 3.05) is 20.0 Å². The molecule has 244 valence electrons. The molecule has 7 nitrogen and oxygen atoms in total. The minimum atomic E-state index is -0.745. The number of methoxy groups -OCH3 is 1. The molecule has 0 fully saturated rings. The molecule has 0 amide bonds. The van der Waals surface area contributed by atoms with Crippen LogP contribution in [0.5, 0.6) is 11.5 Å². The van der Waals surface area contributed by atoms with Crippen LogP contribution < -0.4 is 24.4 Å². The molecular formula is C37H30ClIN2O5S2. The Hall–Kier alpha value is -3.84. The zero-order valence-electron chi connectivity index (χ0n) is 26.2. The van der Waals surface area contributed by atoms with Crippen molar-refractivity contribution in [3.63, 3.8) is 0 Å². The number of aromatic nitrogens is 1. The van der Waals surface area contributed by atoms with Crippen molar-refractivity contribution in [3.05, 3.63) is 147 Å². The molecule has 4 aromatic carbocycles. The van der Waals surface area contributed by atoms with Gasteiger partial charge in [0.1, 0.15) is 6.61 Å². The number of fused-ring (bicyclic) bond motifs is 1. The Morgan fingerprint density at radius 1 is 1.06 bits per heavy atom. The van der Waals surface area contributed by atoms with Gasteiger partial charge >= 0.3 is 5.97 Å². The molecule has 11 heteroatoms. The Morgan fingerprint density at radius 2 is 1.83 bits per heavy atom. The highest BCUT2D eigenvalue weighted by Crippen LogP contribution is 2.37. The zero-order chi connectivity index (χ0) is 33.8. The summed E-state index contributed by atoms with van der Waals surface area (Å²) in [6.07, 6.45) is 3.82. The van der Waals surface area contributed by atoms with Crippen molar-refractivity contribution >= 4 is 75.0 Å². The predicted molar refractivity (Wildman–Crippen MR) is 201 cm³/mol. The Bertz CT molecular complexity index is 2200. The van der Waals surface area contributed by atoms with Crippen molar-refractivity contribution in [2.24, 2.45) is 4.99 Å². The lowest BCUT2D eigenvalue weighted by Crippen LogP contribution is -2.40. The molecule has 0 saturated heterocycles. The molecule has 5 aromatic rings. The summed E-state index contributed by atoms with van der Waals surface area (Å²) in [6.45, 7) is 2.27. The molecule has 6 rings (SSSR count). The zero-order valence-corrected chi connectivity index (χ0v) is 30.8. The standard InChI is InChI=1S/C37H30ClIN2O5S2/c1-4-45-36(43)31-32(24-10-6-5-7-11-24)40-37-41(33(31)25-13-15-27(47-3)16-14-25)35(42)30(48-37)20-23-18-28(39)34(29(19-23)44-2)46-21-22-9-8-12-26(38)17-22/h5-20,33H,4,21H2,1-3H3/b30-20-/t33-/m0/s1. The summed E-state index contributed by atoms with van der Waals surface area (Å²) >= 11 is 11.2. The molecule has 1 atom stereocenters. The molecule has 0 saturated carbocycles. The summed E-state index contributed by atoms with van der Waals surface area (Å²) in [4.78, 5) is 34.5. The third-order valence-electron chi connectivity index (χ3n) is 7.63.